The summed E-state index contributed by atoms with van der Waals surface area (Å²) in [6.07, 6.45) is -3.25. The molecular weight excluding hydrogens is 263 g/mol. The molecule has 9 nitrogen and oxygen atoms in total. The van der Waals surface area contributed by atoms with Crippen LogP contribution in [-0.2, 0) is 0 Å². The molecule has 1 aromatic carbocycles. The maximum atomic E-state index is 13.2. The molecule has 0 saturated heterocycles. The second-order valence-corrected chi connectivity index (χ2v) is 3.55. The Balaban J connectivity index is 3.13. The fourth-order valence-corrected chi connectivity index (χ4v) is 1.36. The summed E-state index contributed by atoms with van der Waals surface area (Å²) in [6, 6.07) is 1.37. The molecule has 102 valence electrons. The number of benzene rings is 1. The normalized spacial score (nSPS) is 13.4. The highest BCUT2D eigenvalue weighted by Crippen LogP contribution is 2.32. The second kappa shape index (κ2) is 5.96. The van der Waals surface area contributed by atoms with Gasteiger partial charge in [0, 0.05) is 11.0 Å². The van der Waals surface area contributed by atoms with Crippen LogP contribution in [0.3, 0.4) is 0 Å². The number of nitro benzene ring substituents is 1. The lowest BCUT2D eigenvalue weighted by Gasteiger charge is -2.16. The first-order valence-corrected chi connectivity index (χ1v) is 4.92. The van der Waals surface area contributed by atoms with Crippen LogP contribution in [0, 0.1) is 15.9 Å². The standard InChI is InChI=1S/C9H9FN4O5/c10-5-1-4(2-6(9(5)17)14(18)19)8(16)7(15)3-12-13-11/h1-2,7-8,15-17H,3H2. The summed E-state index contributed by atoms with van der Waals surface area (Å²) in [7, 11) is 0. The van der Waals surface area contributed by atoms with Crippen LogP contribution in [0.25, 0.3) is 10.4 Å². The first-order chi connectivity index (χ1) is 8.88. The molecule has 19 heavy (non-hydrogen) atoms. The molecule has 0 bridgehead atoms. The van der Waals surface area contributed by atoms with E-state index in [4.69, 9.17) is 10.6 Å². The summed E-state index contributed by atoms with van der Waals surface area (Å²) in [4.78, 5) is 11.9. The van der Waals surface area contributed by atoms with Crippen LogP contribution >= 0.6 is 0 Å². The van der Waals surface area contributed by atoms with Gasteiger partial charge < -0.3 is 15.3 Å². The smallest absolute Gasteiger partial charge is 0.314 e. The highest BCUT2D eigenvalue weighted by atomic mass is 19.1. The van der Waals surface area contributed by atoms with Crippen molar-refractivity contribution in [1.82, 2.24) is 0 Å². The molecule has 2 atom stereocenters. The highest BCUT2D eigenvalue weighted by molar-refractivity contribution is 5.49. The first-order valence-electron chi connectivity index (χ1n) is 4.92. The van der Waals surface area contributed by atoms with Gasteiger partial charge in [-0.3, -0.25) is 10.1 Å². The summed E-state index contributed by atoms with van der Waals surface area (Å²) < 4.78 is 13.2. The van der Waals surface area contributed by atoms with E-state index in [1.165, 1.54) is 0 Å². The summed E-state index contributed by atoms with van der Waals surface area (Å²) in [5.74, 6) is -2.47. The van der Waals surface area contributed by atoms with Gasteiger partial charge in [-0.15, -0.1) is 0 Å². The van der Waals surface area contributed by atoms with Gasteiger partial charge in [-0.25, -0.2) is 4.39 Å². The zero-order valence-electron chi connectivity index (χ0n) is 9.34. The fourth-order valence-electron chi connectivity index (χ4n) is 1.36. The van der Waals surface area contributed by atoms with Crippen LogP contribution in [0.4, 0.5) is 10.1 Å². The fraction of sp³-hybridized carbons (Fsp3) is 0.333. The third kappa shape index (κ3) is 3.28. The minimum Gasteiger partial charge on any atom is -0.500 e. The van der Waals surface area contributed by atoms with Crippen molar-refractivity contribution in [3.05, 3.63) is 44.1 Å². The maximum absolute atomic E-state index is 13.2. The van der Waals surface area contributed by atoms with Gasteiger partial charge in [-0.05, 0) is 17.2 Å². The predicted molar refractivity (Wildman–Crippen MR) is 59.7 cm³/mol. The zero-order chi connectivity index (χ0) is 14.6. The van der Waals surface area contributed by atoms with E-state index in [0.717, 1.165) is 6.07 Å². The molecule has 2 unspecified atom stereocenters. The van der Waals surface area contributed by atoms with Gasteiger partial charge in [0.1, 0.15) is 6.10 Å². The third-order valence-corrected chi connectivity index (χ3v) is 2.30. The second-order valence-electron chi connectivity index (χ2n) is 3.55. The molecule has 0 spiro atoms. The van der Waals surface area contributed by atoms with E-state index in [1.807, 2.05) is 0 Å². The quantitative estimate of drug-likeness (QED) is 0.241. The van der Waals surface area contributed by atoms with Crippen LogP contribution in [0.1, 0.15) is 11.7 Å². The molecule has 0 fully saturated rings. The minimum atomic E-state index is -1.70. The van der Waals surface area contributed by atoms with Crippen molar-refractivity contribution in [1.29, 1.82) is 0 Å². The van der Waals surface area contributed by atoms with E-state index in [-0.39, 0.29) is 5.56 Å². The summed E-state index contributed by atoms with van der Waals surface area (Å²) in [5, 5.41) is 41.8. The Labute approximate surface area is 105 Å². The summed E-state index contributed by atoms with van der Waals surface area (Å²) in [6.45, 7) is -0.492. The Kier molecular flexibility index (Phi) is 4.59. The van der Waals surface area contributed by atoms with Gasteiger partial charge in [-0.1, -0.05) is 5.11 Å². The number of azide groups is 1. The number of aliphatic hydroxyl groups is 2. The lowest BCUT2D eigenvalue weighted by Crippen LogP contribution is -2.21. The van der Waals surface area contributed by atoms with Gasteiger partial charge in [0.2, 0.25) is 5.75 Å². The maximum Gasteiger partial charge on any atom is 0.314 e. The molecule has 0 radical (unpaired) electrons. The zero-order valence-corrected chi connectivity index (χ0v) is 9.34. The van der Waals surface area contributed by atoms with Gasteiger partial charge in [0.05, 0.1) is 17.6 Å². The lowest BCUT2D eigenvalue weighted by molar-refractivity contribution is -0.386. The number of hydrogen-bond acceptors (Lipinski definition) is 6. The molecule has 0 amide bonds. The molecule has 3 N–H and O–H groups in total. The van der Waals surface area contributed by atoms with Crippen molar-refractivity contribution in [3.63, 3.8) is 0 Å². The van der Waals surface area contributed by atoms with Crippen LogP contribution in [0.5, 0.6) is 5.75 Å². The first kappa shape index (κ1) is 14.6. The van der Waals surface area contributed by atoms with E-state index >= 15 is 0 Å². The molecule has 1 rings (SSSR count). The van der Waals surface area contributed by atoms with Crippen molar-refractivity contribution >= 4 is 5.69 Å². The van der Waals surface area contributed by atoms with E-state index in [0.29, 0.717) is 6.07 Å². The largest absolute Gasteiger partial charge is 0.500 e. The van der Waals surface area contributed by atoms with Crippen LogP contribution in [0.2, 0.25) is 0 Å². The highest BCUT2D eigenvalue weighted by Gasteiger charge is 2.25. The minimum absolute atomic E-state index is 0.317. The number of phenolic OH excluding ortho intramolecular Hbond substituents is 1. The topological polar surface area (TPSA) is 153 Å². The Morgan fingerprint density at radius 3 is 2.68 bits per heavy atom. The molecule has 0 aliphatic carbocycles. The SMILES string of the molecule is [N-]=[N+]=NCC(O)C(O)c1cc(F)c(O)c([N+](=O)[O-])c1. The summed E-state index contributed by atoms with van der Waals surface area (Å²) in [5.41, 5.74) is 6.79. The van der Waals surface area contributed by atoms with Crippen molar-refractivity contribution in [2.24, 2.45) is 5.11 Å². The lowest BCUT2D eigenvalue weighted by atomic mass is 10.0. The Morgan fingerprint density at radius 1 is 1.53 bits per heavy atom. The number of aromatic hydroxyl groups is 1. The van der Waals surface area contributed by atoms with Crippen LogP contribution in [-0.4, -0.2) is 32.9 Å². The number of phenols is 1. The molecule has 0 aliphatic heterocycles. The van der Waals surface area contributed by atoms with E-state index < -0.39 is 40.9 Å². The average molecular weight is 272 g/mol. The summed E-state index contributed by atoms with van der Waals surface area (Å²) >= 11 is 0. The van der Waals surface area contributed by atoms with Crippen molar-refractivity contribution < 1.29 is 24.6 Å². The molecular formula is C9H9FN4O5. The van der Waals surface area contributed by atoms with Gasteiger partial charge >= 0.3 is 5.69 Å². The monoisotopic (exact) mass is 272 g/mol. The number of rotatable bonds is 5. The molecule has 1 aromatic rings. The van der Waals surface area contributed by atoms with Crippen molar-refractivity contribution in [2.75, 3.05) is 6.54 Å². The van der Waals surface area contributed by atoms with Gasteiger partial charge in [-0.2, -0.15) is 0 Å². The van der Waals surface area contributed by atoms with E-state index in [1.54, 1.807) is 0 Å². The van der Waals surface area contributed by atoms with E-state index in [2.05, 4.69) is 10.0 Å². The molecule has 0 aliphatic rings. The number of aliphatic hydroxyl groups excluding tert-OH is 2. The Hall–Kier alpha value is -2.42. The van der Waals surface area contributed by atoms with Gasteiger partial charge in [0.15, 0.2) is 5.82 Å². The van der Waals surface area contributed by atoms with Crippen LogP contribution in [0.15, 0.2) is 17.2 Å². The molecule has 10 heteroatoms. The molecule has 0 aromatic heterocycles. The Bertz CT molecular complexity index is 546. The van der Waals surface area contributed by atoms with Crippen LogP contribution < -0.4 is 0 Å². The van der Waals surface area contributed by atoms with Crippen molar-refractivity contribution in [3.8, 4) is 5.75 Å². The Morgan fingerprint density at radius 2 is 2.16 bits per heavy atom. The third-order valence-electron chi connectivity index (χ3n) is 2.30. The molecule has 0 heterocycles. The van der Waals surface area contributed by atoms with Crippen molar-refractivity contribution in [2.45, 2.75) is 12.2 Å². The van der Waals surface area contributed by atoms with E-state index in [9.17, 15) is 24.7 Å². The average Bonchev–Trinajstić information content (AvgIpc) is 2.37. The number of nitro groups is 1. The predicted octanol–water partition coefficient (Wildman–Crippen LogP) is 1.14. The molecule has 0 saturated carbocycles. The number of nitrogens with zero attached hydrogens (tertiary/aromatic N) is 4. The number of halogens is 1. The number of hydrogen-bond donors (Lipinski definition) is 3. The van der Waals surface area contributed by atoms with Gasteiger partial charge in [0.25, 0.3) is 0 Å².